The number of benzene rings is 2. The van der Waals surface area contributed by atoms with Gasteiger partial charge in [0.05, 0.1) is 24.8 Å². The molecule has 194 valence electrons. The SMILES string of the molecule is CCCOc1cccc(C2C(=C(O)c3cccc(OCC)c3)C(=O)C(=O)N2CCCN(CC)CC)c1. The average molecular weight is 495 g/mol. The van der Waals surface area contributed by atoms with E-state index in [9.17, 15) is 14.7 Å². The normalized spacial score (nSPS) is 17.1. The summed E-state index contributed by atoms with van der Waals surface area (Å²) in [7, 11) is 0. The second-order valence-electron chi connectivity index (χ2n) is 8.75. The number of nitrogens with zero attached hydrogens (tertiary/aromatic N) is 2. The number of carbonyl (C=O) groups excluding carboxylic acids is 2. The maximum atomic E-state index is 13.3. The molecule has 2 aromatic rings. The van der Waals surface area contributed by atoms with Crippen molar-refractivity contribution in [2.75, 3.05) is 39.4 Å². The molecule has 0 radical (unpaired) electrons. The van der Waals surface area contributed by atoms with Gasteiger partial charge in [0.25, 0.3) is 11.7 Å². The molecule has 1 aliphatic rings. The Bertz CT molecular complexity index is 1080. The minimum Gasteiger partial charge on any atom is -0.507 e. The molecule has 2 aromatic carbocycles. The number of aliphatic hydroxyl groups is 1. The highest BCUT2D eigenvalue weighted by atomic mass is 16.5. The topological polar surface area (TPSA) is 79.3 Å². The fourth-order valence-corrected chi connectivity index (χ4v) is 4.51. The van der Waals surface area contributed by atoms with Crippen LogP contribution in [0.2, 0.25) is 0 Å². The van der Waals surface area contributed by atoms with Gasteiger partial charge < -0.3 is 24.4 Å². The number of likely N-dealkylation sites (tertiary alicyclic amines) is 1. The molecule has 7 heteroatoms. The van der Waals surface area contributed by atoms with Crippen LogP contribution >= 0.6 is 0 Å². The Labute approximate surface area is 214 Å². The zero-order valence-electron chi connectivity index (χ0n) is 21.8. The van der Waals surface area contributed by atoms with Gasteiger partial charge in [0.15, 0.2) is 0 Å². The summed E-state index contributed by atoms with van der Waals surface area (Å²) in [4.78, 5) is 30.4. The fourth-order valence-electron chi connectivity index (χ4n) is 4.51. The number of hydrogen-bond donors (Lipinski definition) is 1. The van der Waals surface area contributed by atoms with Crippen LogP contribution in [-0.4, -0.2) is 66.0 Å². The zero-order valence-corrected chi connectivity index (χ0v) is 21.8. The smallest absolute Gasteiger partial charge is 0.295 e. The van der Waals surface area contributed by atoms with Crippen molar-refractivity contribution in [3.05, 3.63) is 65.2 Å². The predicted octanol–water partition coefficient (Wildman–Crippen LogP) is 5.03. The lowest BCUT2D eigenvalue weighted by Crippen LogP contribution is -2.33. The van der Waals surface area contributed by atoms with Crippen LogP contribution in [0, 0.1) is 0 Å². The van der Waals surface area contributed by atoms with Crippen molar-refractivity contribution >= 4 is 17.4 Å². The van der Waals surface area contributed by atoms with E-state index in [2.05, 4.69) is 18.7 Å². The fraction of sp³-hybridized carbons (Fsp3) is 0.448. The summed E-state index contributed by atoms with van der Waals surface area (Å²) in [6.07, 6.45) is 1.58. The lowest BCUT2D eigenvalue weighted by Gasteiger charge is -2.27. The Balaban J connectivity index is 2.05. The summed E-state index contributed by atoms with van der Waals surface area (Å²) in [5, 5.41) is 11.3. The van der Waals surface area contributed by atoms with Crippen LogP contribution in [0.25, 0.3) is 5.76 Å². The van der Waals surface area contributed by atoms with E-state index in [1.165, 1.54) is 0 Å². The predicted molar refractivity (Wildman–Crippen MR) is 141 cm³/mol. The van der Waals surface area contributed by atoms with Crippen molar-refractivity contribution in [3.8, 4) is 11.5 Å². The van der Waals surface area contributed by atoms with E-state index in [0.717, 1.165) is 38.0 Å². The number of ketones is 1. The van der Waals surface area contributed by atoms with Crippen molar-refractivity contribution in [2.24, 2.45) is 0 Å². The zero-order chi connectivity index (χ0) is 26.1. The van der Waals surface area contributed by atoms with Gasteiger partial charge in [-0.15, -0.1) is 0 Å². The first-order valence-electron chi connectivity index (χ1n) is 12.9. The Morgan fingerprint density at radius 2 is 1.67 bits per heavy atom. The lowest BCUT2D eigenvalue weighted by molar-refractivity contribution is -0.140. The number of hydrogen-bond acceptors (Lipinski definition) is 6. The van der Waals surface area contributed by atoms with Gasteiger partial charge in [-0.3, -0.25) is 9.59 Å². The summed E-state index contributed by atoms with van der Waals surface area (Å²) in [5.41, 5.74) is 1.25. The van der Waals surface area contributed by atoms with Crippen molar-refractivity contribution in [3.63, 3.8) is 0 Å². The van der Waals surface area contributed by atoms with Crippen LogP contribution in [0.15, 0.2) is 54.1 Å². The van der Waals surface area contributed by atoms with E-state index in [1.54, 1.807) is 29.2 Å². The minimum atomic E-state index is -0.706. The largest absolute Gasteiger partial charge is 0.507 e. The second kappa shape index (κ2) is 13.1. The summed E-state index contributed by atoms with van der Waals surface area (Å²) in [6, 6.07) is 13.7. The summed E-state index contributed by atoms with van der Waals surface area (Å²) in [5.74, 6) is -0.224. The van der Waals surface area contributed by atoms with Gasteiger partial charge in [-0.2, -0.15) is 0 Å². The van der Waals surface area contributed by atoms with Gasteiger partial charge in [0.1, 0.15) is 17.3 Å². The van der Waals surface area contributed by atoms with Crippen LogP contribution < -0.4 is 9.47 Å². The van der Waals surface area contributed by atoms with Crippen molar-refractivity contribution in [1.82, 2.24) is 9.80 Å². The van der Waals surface area contributed by atoms with Gasteiger partial charge in [0.2, 0.25) is 0 Å². The van der Waals surface area contributed by atoms with Gasteiger partial charge in [-0.25, -0.2) is 0 Å². The van der Waals surface area contributed by atoms with Crippen LogP contribution in [0.4, 0.5) is 0 Å². The molecule has 0 aliphatic carbocycles. The maximum Gasteiger partial charge on any atom is 0.295 e. The number of ether oxygens (including phenoxy) is 2. The van der Waals surface area contributed by atoms with E-state index in [-0.39, 0.29) is 11.3 Å². The van der Waals surface area contributed by atoms with Gasteiger partial charge >= 0.3 is 0 Å². The highest BCUT2D eigenvalue weighted by Gasteiger charge is 2.46. The highest BCUT2D eigenvalue weighted by Crippen LogP contribution is 2.40. The molecule has 0 saturated carbocycles. The Kier molecular flexibility index (Phi) is 9.94. The summed E-state index contributed by atoms with van der Waals surface area (Å²) in [6.45, 7) is 12.2. The molecule has 1 atom stereocenters. The molecule has 36 heavy (non-hydrogen) atoms. The minimum absolute atomic E-state index is 0.0872. The van der Waals surface area contributed by atoms with E-state index in [0.29, 0.717) is 36.8 Å². The number of Topliss-reactive ketones (excluding diaryl/α,β-unsaturated/α-hetero) is 1. The third kappa shape index (κ3) is 6.26. The van der Waals surface area contributed by atoms with Crippen LogP contribution in [0.3, 0.4) is 0 Å². The van der Waals surface area contributed by atoms with Crippen LogP contribution in [0.5, 0.6) is 11.5 Å². The molecular weight excluding hydrogens is 456 g/mol. The molecular formula is C29H38N2O5. The van der Waals surface area contributed by atoms with E-state index in [1.807, 2.05) is 38.1 Å². The maximum absolute atomic E-state index is 13.3. The molecule has 3 rings (SSSR count). The number of amides is 1. The molecule has 0 aromatic heterocycles. The van der Waals surface area contributed by atoms with Crippen molar-refractivity contribution in [2.45, 2.75) is 46.6 Å². The molecule has 7 nitrogen and oxygen atoms in total. The van der Waals surface area contributed by atoms with E-state index in [4.69, 9.17) is 9.47 Å². The molecule has 1 unspecified atom stereocenters. The molecule has 1 heterocycles. The summed E-state index contributed by atoms with van der Waals surface area (Å²) < 4.78 is 11.4. The van der Waals surface area contributed by atoms with Crippen LogP contribution in [0.1, 0.15) is 57.7 Å². The number of aliphatic hydroxyl groups excluding tert-OH is 1. The van der Waals surface area contributed by atoms with E-state index < -0.39 is 17.7 Å². The lowest BCUT2D eigenvalue weighted by atomic mass is 9.95. The standard InChI is InChI=1S/C29H38N2O5/c1-5-18-36-24-15-9-12-21(19-24)26-25(27(32)22-13-10-14-23(20-22)35-8-4)28(33)29(34)31(26)17-11-16-30(6-2)7-3/h9-10,12-15,19-20,26,32H,5-8,11,16-18H2,1-4H3. The molecule has 0 spiro atoms. The first-order valence-corrected chi connectivity index (χ1v) is 12.9. The Morgan fingerprint density at radius 3 is 2.33 bits per heavy atom. The molecule has 1 saturated heterocycles. The first kappa shape index (κ1) is 27.3. The molecule has 1 amide bonds. The quantitative estimate of drug-likeness (QED) is 0.239. The molecule has 0 bridgehead atoms. The third-order valence-corrected chi connectivity index (χ3v) is 6.37. The summed E-state index contributed by atoms with van der Waals surface area (Å²) >= 11 is 0. The molecule has 1 aliphatic heterocycles. The Morgan fingerprint density at radius 1 is 0.972 bits per heavy atom. The van der Waals surface area contributed by atoms with Gasteiger partial charge in [-0.1, -0.05) is 45.0 Å². The van der Waals surface area contributed by atoms with Crippen LogP contribution in [-0.2, 0) is 9.59 Å². The van der Waals surface area contributed by atoms with E-state index >= 15 is 0 Å². The van der Waals surface area contributed by atoms with Gasteiger partial charge in [0, 0.05) is 12.1 Å². The monoisotopic (exact) mass is 494 g/mol. The average Bonchev–Trinajstić information content (AvgIpc) is 3.15. The van der Waals surface area contributed by atoms with Crippen molar-refractivity contribution in [1.29, 1.82) is 0 Å². The highest BCUT2D eigenvalue weighted by molar-refractivity contribution is 6.46. The molecule has 1 N–H and O–H groups in total. The second-order valence-corrected chi connectivity index (χ2v) is 8.75. The van der Waals surface area contributed by atoms with Gasteiger partial charge in [-0.05, 0) is 69.2 Å². The molecule has 1 fully saturated rings. The Hall–Kier alpha value is -3.32. The number of rotatable bonds is 13. The van der Waals surface area contributed by atoms with Crippen molar-refractivity contribution < 1.29 is 24.2 Å². The number of carbonyl (C=O) groups is 2. The third-order valence-electron chi connectivity index (χ3n) is 6.37. The first-order chi connectivity index (χ1) is 17.4.